The minimum atomic E-state index is -4.60. The maximum absolute atomic E-state index is 12.8. The van der Waals surface area contributed by atoms with Gasteiger partial charge in [0.05, 0.1) is 17.6 Å². The topological polar surface area (TPSA) is 79.8 Å². The zero-order valence-corrected chi connectivity index (χ0v) is 15.4. The molecule has 0 radical (unpaired) electrons. The molecule has 6 nitrogen and oxygen atoms in total. The summed E-state index contributed by atoms with van der Waals surface area (Å²) in [5.74, 6) is -1.77. The van der Waals surface area contributed by atoms with Crippen LogP contribution in [0.25, 0.3) is 11.0 Å². The number of aromatic amines is 1. The third-order valence-electron chi connectivity index (χ3n) is 4.47. The molecule has 0 saturated heterocycles. The first-order valence-corrected chi connectivity index (χ1v) is 8.93. The van der Waals surface area contributed by atoms with E-state index in [9.17, 15) is 22.8 Å². The maximum atomic E-state index is 12.8. The van der Waals surface area contributed by atoms with Gasteiger partial charge in [0, 0.05) is 11.9 Å². The van der Waals surface area contributed by atoms with Crippen molar-refractivity contribution in [1.29, 1.82) is 0 Å². The summed E-state index contributed by atoms with van der Waals surface area (Å²) in [5.41, 5.74) is 0.833. The van der Waals surface area contributed by atoms with E-state index >= 15 is 0 Å². The molecule has 0 bridgehead atoms. The zero-order chi connectivity index (χ0) is 21.3. The summed E-state index contributed by atoms with van der Waals surface area (Å²) in [7, 11) is 0. The smallest absolute Gasteiger partial charge is 0.334 e. The highest BCUT2D eigenvalue weighted by molar-refractivity contribution is 6.04. The van der Waals surface area contributed by atoms with Crippen molar-refractivity contribution in [3.63, 3.8) is 0 Å². The van der Waals surface area contributed by atoms with E-state index in [4.69, 9.17) is 0 Å². The molecule has 1 amide bonds. The third kappa shape index (κ3) is 3.95. The van der Waals surface area contributed by atoms with E-state index in [0.717, 1.165) is 5.56 Å². The molecule has 0 atom stereocenters. The molecule has 4 aromatic rings. The number of H-pyrrole nitrogens is 1. The average Bonchev–Trinajstić information content (AvgIpc) is 3.14. The molecule has 0 saturated carbocycles. The summed E-state index contributed by atoms with van der Waals surface area (Å²) in [5, 5.41) is 2.55. The quantitative estimate of drug-likeness (QED) is 0.531. The van der Waals surface area contributed by atoms with Crippen LogP contribution in [-0.4, -0.2) is 20.4 Å². The van der Waals surface area contributed by atoms with Crippen LogP contribution in [0.15, 0.2) is 71.7 Å². The van der Waals surface area contributed by atoms with Crippen molar-refractivity contribution in [3.05, 3.63) is 94.2 Å². The van der Waals surface area contributed by atoms with Gasteiger partial charge in [0.25, 0.3) is 11.5 Å². The Kier molecular flexibility index (Phi) is 4.86. The van der Waals surface area contributed by atoms with Crippen molar-refractivity contribution in [2.75, 3.05) is 5.32 Å². The van der Waals surface area contributed by atoms with Gasteiger partial charge < -0.3 is 14.9 Å². The Bertz CT molecular complexity index is 1280. The van der Waals surface area contributed by atoms with Gasteiger partial charge in [-0.25, -0.2) is 4.98 Å². The van der Waals surface area contributed by atoms with Gasteiger partial charge >= 0.3 is 6.18 Å². The van der Waals surface area contributed by atoms with Gasteiger partial charge in [0.2, 0.25) is 5.82 Å². The Hall–Kier alpha value is -3.88. The van der Waals surface area contributed by atoms with E-state index < -0.39 is 23.5 Å². The second-order valence-electron chi connectivity index (χ2n) is 6.61. The number of amides is 1. The number of alkyl halides is 3. The number of nitrogens with one attached hydrogen (secondary N) is 2. The van der Waals surface area contributed by atoms with E-state index in [0.29, 0.717) is 6.54 Å². The second-order valence-corrected chi connectivity index (χ2v) is 6.61. The van der Waals surface area contributed by atoms with E-state index in [1.807, 2.05) is 30.3 Å². The molecular formula is C21H15F3N4O2. The van der Waals surface area contributed by atoms with Crippen LogP contribution >= 0.6 is 0 Å². The van der Waals surface area contributed by atoms with Gasteiger partial charge in [-0.05, 0) is 35.9 Å². The molecule has 9 heteroatoms. The molecule has 30 heavy (non-hydrogen) atoms. The molecule has 0 spiro atoms. The lowest BCUT2D eigenvalue weighted by atomic mass is 10.2. The fourth-order valence-corrected chi connectivity index (χ4v) is 3.03. The number of pyridine rings is 1. The normalized spacial score (nSPS) is 11.6. The first-order chi connectivity index (χ1) is 14.3. The van der Waals surface area contributed by atoms with Gasteiger partial charge in [-0.1, -0.05) is 30.3 Å². The van der Waals surface area contributed by atoms with Crippen molar-refractivity contribution < 1.29 is 18.0 Å². The highest BCUT2D eigenvalue weighted by atomic mass is 19.4. The fourth-order valence-electron chi connectivity index (χ4n) is 3.03. The van der Waals surface area contributed by atoms with Crippen molar-refractivity contribution in [1.82, 2.24) is 14.5 Å². The van der Waals surface area contributed by atoms with E-state index in [-0.39, 0.29) is 22.3 Å². The minimum Gasteiger partial charge on any atom is -0.334 e. The van der Waals surface area contributed by atoms with Crippen LogP contribution in [0.3, 0.4) is 0 Å². The average molecular weight is 412 g/mol. The summed E-state index contributed by atoms with van der Waals surface area (Å²) >= 11 is 0. The van der Waals surface area contributed by atoms with Gasteiger partial charge in [-0.3, -0.25) is 9.59 Å². The monoisotopic (exact) mass is 412 g/mol. The Morgan fingerprint density at radius 1 is 1.07 bits per heavy atom. The lowest BCUT2D eigenvalue weighted by molar-refractivity contribution is -0.144. The summed E-state index contributed by atoms with van der Waals surface area (Å²) < 4.78 is 39.8. The van der Waals surface area contributed by atoms with Gasteiger partial charge in [-0.2, -0.15) is 13.2 Å². The number of hydrogen-bond donors (Lipinski definition) is 2. The van der Waals surface area contributed by atoms with Gasteiger partial charge in [-0.15, -0.1) is 0 Å². The SMILES string of the molecule is O=C(Nc1ccc2nc(C(F)(F)F)[nH]c2c1)c1cccn(Cc2ccccc2)c1=O. The number of nitrogens with zero attached hydrogens (tertiary/aromatic N) is 2. The fraction of sp³-hybridized carbons (Fsp3) is 0.0952. The van der Waals surface area contributed by atoms with Crippen LogP contribution in [0.1, 0.15) is 21.7 Å². The van der Waals surface area contributed by atoms with Crippen LogP contribution in [-0.2, 0) is 12.7 Å². The summed E-state index contributed by atoms with van der Waals surface area (Å²) in [6, 6.07) is 16.4. The van der Waals surface area contributed by atoms with Crippen molar-refractivity contribution >= 4 is 22.6 Å². The maximum Gasteiger partial charge on any atom is 0.449 e. The van der Waals surface area contributed by atoms with E-state index in [1.165, 1.54) is 28.8 Å². The van der Waals surface area contributed by atoms with E-state index in [1.54, 1.807) is 12.3 Å². The molecular weight excluding hydrogens is 397 g/mol. The van der Waals surface area contributed by atoms with E-state index in [2.05, 4.69) is 15.3 Å². The molecule has 2 heterocycles. The van der Waals surface area contributed by atoms with Gasteiger partial charge in [0.1, 0.15) is 5.56 Å². The molecule has 0 fully saturated rings. The van der Waals surface area contributed by atoms with Crippen LogP contribution in [0.2, 0.25) is 0 Å². The van der Waals surface area contributed by atoms with Crippen LogP contribution in [0.4, 0.5) is 18.9 Å². The standard InChI is InChI=1S/C21H15F3N4O2/c22-21(23,24)20-26-16-9-8-14(11-17(16)27-20)25-18(29)15-7-4-10-28(19(15)30)12-13-5-2-1-3-6-13/h1-11H,12H2,(H,25,29)(H,26,27). The summed E-state index contributed by atoms with van der Waals surface area (Å²) in [4.78, 5) is 31.0. The first-order valence-electron chi connectivity index (χ1n) is 8.93. The highest BCUT2D eigenvalue weighted by Crippen LogP contribution is 2.29. The Morgan fingerprint density at radius 2 is 1.83 bits per heavy atom. The number of hydrogen-bond acceptors (Lipinski definition) is 3. The molecule has 0 aliphatic carbocycles. The number of aromatic nitrogens is 3. The summed E-state index contributed by atoms with van der Waals surface area (Å²) in [6.45, 7) is 0.307. The molecule has 152 valence electrons. The second kappa shape index (κ2) is 7.51. The largest absolute Gasteiger partial charge is 0.449 e. The van der Waals surface area contributed by atoms with Crippen LogP contribution in [0, 0.1) is 0 Å². The number of benzene rings is 2. The predicted octanol–water partition coefficient (Wildman–Crippen LogP) is 4.04. The van der Waals surface area contributed by atoms with Gasteiger partial charge in [0.15, 0.2) is 0 Å². The molecule has 0 aliphatic rings. The number of imidazole rings is 1. The molecule has 0 unspecified atom stereocenters. The third-order valence-corrected chi connectivity index (χ3v) is 4.47. The Morgan fingerprint density at radius 3 is 2.57 bits per heavy atom. The van der Waals surface area contributed by atoms with Crippen molar-refractivity contribution in [2.45, 2.75) is 12.7 Å². The summed E-state index contributed by atoms with van der Waals surface area (Å²) in [6.07, 6.45) is -3.02. The number of carbonyl (C=O) groups is 1. The van der Waals surface area contributed by atoms with Crippen molar-refractivity contribution in [2.24, 2.45) is 0 Å². The van der Waals surface area contributed by atoms with Crippen LogP contribution < -0.4 is 10.9 Å². The first kappa shape index (κ1) is 19.4. The molecule has 2 aromatic heterocycles. The number of halogens is 3. The predicted molar refractivity (Wildman–Crippen MR) is 105 cm³/mol. The number of fused-ring (bicyclic) bond motifs is 1. The lowest BCUT2D eigenvalue weighted by Gasteiger charge is -2.09. The molecule has 0 aliphatic heterocycles. The Balaban J connectivity index is 1.58. The van der Waals surface area contributed by atoms with Crippen LogP contribution in [0.5, 0.6) is 0 Å². The highest BCUT2D eigenvalue weighted by Gasteiger charge is 2.34. The molecule has 2 aromatic carbocycles. The number of rotatable bonds is 4. The molecule has 4 rings (SSSR count). The number of carbonyl (C=O) groups excluding carboxylic acids is 1. The van der Waals surface area contributed by atoms with Crippen molar-refractivity contribution in [3.8, 4) is 0 Å². The number of anilines is 1. The molecule has 2 N–H and O–H groups in total. The zero-order valence-electron chi connectivity index (χ0n) is 15.4. The Labute approximate surface area is 168 Å². The lowest BCUT2D eigenvalue weighted by Crippen LogP contribution is -2.29. The minimum absolute atomic E-state index is 0.0749.